The van der Waals surface area contributed by atoms with Crippen LogP contribution in [0.4, 0.5) is 4.39 Å². The summed E-state index contributed by atoms with van der Waals surface area (Å²) in [7, 11) is -1.03. The Kier molecular flexibility index (Phi) is 6.49. The highest BCUT2D eigenvalue weighted by Gasteiger charge is 2.24. The van der Waals surface area contributed by atoms with Crippen LogP contribution in [0.2, 0.25) is 0 Å². The van der Waals surface area contributed by atoms with E-state index in [0.717, 1.165) is 34.6 Å². The molecule has 5 nitrogen and oxygen atoms in total. The van der Waals surface area contributed by atoms with Gasteiger partial charge in [-0.1, -0.05) is 13.8 Å². The van der Waals surface area contributed by atoms with Crippen LogP contribution in [0.15, 0.2) is 35.2 Å². The van der Waals surface area contributed by atoms with Crippen LogP contribution in [0.5, 0.6) is 11.5 Å². The molecule has 0 saturated carbocycles. The minimum Gasteiger partial charge on any atom is -0.496 e. The summed E-state index contributed by atoms with van der Waals surface area (Å²) in [6, 6.07) is 6.74. The normalized spacial score (nSPS) is 12.9. The zero-order valence-corrected chi connectivity index (χ0v) is 17.3. The molecule has 0 aliphatic carbocycles. The van der Waals surface area contributed by atoms with Crippen LogP contribution in [-0.4, -0.2) is 22.6 Å². The number of hydrogen-bond donors (Lipinski definition) is 1. The van der Waals surface area contributed by atoms with Crippen molar-refractivity contribution >= 4 is 10.0 Å². The minimum absolute atomic E-state index is 0.0884. The fourth-order valence-electron chi connectivity index (χ4n) is 3.03. The summed E-state index contributed by atoms with van der Waals surface area (Å²) in [5, 5.41) is 0. The zero-order chi connectivity index (χ0) is 20.4. The van der Waals surface area contributed by atoms with Crippen molar-refractivity contribution in [1.82, 2.24) is 4.72 Å². The maximum Gasteiger partial charge on any atom is 0.244 e. The number of halogens is 1. The second-order valence-corrected chi connectivity index (χ2v) is 8.43. The van der Waals surface area contributed by atoms with Gasteiger partial charge in [-0.05, 0) is 66.8 Å². The van der Waals surface area contributed by atoms with E-state index < -0.39 is 21.9 Å². The lowest BCUT2D eigenvalue weighted by Gasteiger charge is -2.21. The molecule has 0 spiro atoms. The molecular formula is C20H26FNO4S. The number of nitrogens with one attached hydrogen (secondary N) is 1. The van der Waals surface area contributed by atoms with Crippen molar-refractivity contribution in [2.24, 2.45) is 0 Å². The molecule has 27 heavy (non-hydrogen) atoms. The molecule has 0 aliphatic rings. The monoisotopic (exact) mass is 395 g/mol. The Morgan fingerprint density at radius 3 is 2.15 bits per heavy atom. The Morgan fingerprint density at radius 1 is 0.963 bits per heavy atom. The maximum absolute atomic E-state index is 13.6. The predicted octanol–water partition coefficient (Wildman–Crippen LogP) is 4.31. The zero-order valence-electron chi connectivity index (χ0n) is 16.5. The average Bonchev–Trinajstić information content (AvgIpc) is 2.60. The van der Waals surface area contributed by atoms with Crippen LogP contribution < -0.4 is 14.2 Å². The summed E-state index contributed by atoms with van der Waals surface area (Å²) in [5.74, 6) is 0.427. The Balaban J connectivity index is 2.43. The number of methoxy groups -OCH3 is 2. The first-order chi connectivity index (χ1) is 12.6. The molecule has 2 aromatic rings. The van der Waals surface area contributed by atoms with Gasteiger partial charge in [-0.3, -0.25) is 0 Å². The first kappa shape index (κ1) is 21.2. The van der Waals surface area contributed by atoms with Crippen LogP contribution >= 0.6 is 0 Å². The Morgan fingerprint density at radius 2 is 1.59 bits per heavy atom. The summed E-state index contributed by atoms with van der Waals surface area (Å²) in [6.45, 7) is 7.74. The van der Waals surface area contributed by atoms with E-state index in [4.69, 9.17) is 9.47 Å². The van der Waals surface area contributed by atoms with Gasteiger partial charge in [0.1, 0.15) is 22.2 Å². The molecule has 0 amide bonds. The van der Waals surface area contributed by atoms with Gasteiger partial charge in [-0.25, -0.2) is 17.5 Å². The van der Waals surface area contributed by atoms with Crippen LogP contribution in [-0.2, 0) is 10.0 Å². The molecule has 0 saturated heterocycles. The summed E-state index contributed by atoms with van der Waals surface area (Å²) in [6.07, 6.45) is 0. The van der Waals surface area contributed by atoms with Crippen LogP contribution in [0.25, 0.3) is 0 Å². The Hall–Kier alpha value is -2.12. The molecule has 0 unspecified atom stereocenters. The van der Waals surface area contributed by atoms with Gasteiger partial charge < -0.3 is 9.47 Å². The van der Waals surface area contributed by atoms with Gasteiger partial charge >= 0.3 is 0 Å². The van der Waals surface area contributed by atoms with Crippen molar-refractivity contribution in [3.8, 4) is 11.5 Å². The topological polar surface area (TPSA) is 64.6 Å². The smallest absolute Gasteiger partial charge is 0.244 e. The van der Waals surface area contributed by atoms with Gasteiger partial charge in [0, 0.05) is 6.04 Å². The lowest BCUT2D eigenvalue weighted by molar-refractivity contribution is 0.400. The molecule has 0 heterocycles. The van der Waals surface area contributed by atoms with Gasteiger partial charge in [-0.2, -0.15) is 0 Å². The van der Waals surface area contributed by atoms with E-state index in [9.17, 15) is 12.8 Å². The van der Waals surface area contributed by atoms with Crippen LogP contribution in [0.3, 0.4) is 0 Å². The van der Waals surface area contributed by atoms with Crippen LogP contribution in [0, 0.1) is 12.7 Å². The van der Waals surface area contributed by atoms with Crippen molar-refractivity contribution in [2.45, 2.75) is 44.6 Å². The fraction of sp³-hybridized carbons (Fsp3) is 0.400. The molecule has 1 atom stereocenters. The summed E-state index contributed by atoms with van der Waals surface area (Å²) in [4.78, 5) is -0.230. The first-order valence-corrected chi connectivity index (χ1v) is 10.1. The highest BCUT2D eigenvalue weighted by molar-refractivity contribution is 7.89. The van der Waals surface area contributed by atoms with Gasteiger partial charge in [0.15, 0.2) is 0 Å². The summed E-state index contributed by atoms with van der Waals surface area (Å²) >= 11 is 0. The first-order valence-electron chi connectivity index (χ1n) is 8.65. The average molecular weight is 395 g/mol. The van der Waals surface area contributed by atoms with E-state index in [1.807, 2.05) is 32.9 Å². The van der Waals surface area contributed by atoms with Gasteiger partial charge in [0.2, 0.25) is 10.0 Å². The third kappa shape index (κ3) is 4.59. The predicted molar refractivity (Wildman–Crippen MR) is 104 cm³/mol. The van der Waals surface area contributed by atoms with Gasteiger partial charge in [0.05, 0.1) is 14.2 Å². The largest absolute Gasteiger partial charge is 0.496 e. The number of ether oxygens (including phenoxy) is 2. The molecular weight excluding hydrogens is 369 g/mol. The molecule has 0 bridgehead atoms. The molecule has 0 aliphatic heterocycles. The molecule has 1 N–H and O–H groups in total. The van der Waals surface area contributed by atoms with Crippen molar-refractivity contribution < 1.29 is 22.3 Å². The number of benzene rings is 2. The summed E-state index contributed by atoms with van der Waals surface area (Å²) in [5.41, 5.74) is 2.73. The highest BCUT2D eigenvalue weighted by atomic mass is 32.2. The minimum atomic E-state index is -3.98. The van der Waals surface area contributed by atoms with E-state index in [1.54, 1.807) is 14.0 Å². The summed E-state index contributed by atoms with van der Waals surface area (Å²) < 4.78 is 52.4. The second kappa shape index (κ2) is 8.27. The molecule has 7 heteroatoms. The lowest BCUT2D eigenvalue weighted by atomic mass is 9.94. The third-order valence-corrected chi connectivity index (χ3v) is 6.02. The molecule has 2 aromatic carbocycles. The standard InChI is InChI=1S/C20H26FNO4S/c1-12(2)16-11-17(13(3)9-19(16)26-6)14(4)22-27(23,24)20-10-15(21)7-8-18(20)25-5/h7-12,14,22H,1-6H3/t14-/m0/s1. The molecule has 0 fully saturated rings. The number of hydrogen-bond acceptors (Lipinski definition) is 4. The third-order valence-electron chi connectivity index (χ3n) is 4.45. The second-order valence-electron chi connectivity index (χ2n) is 6.74. The fourth-order valence-corrected chi connectivity index (χ4v) is 4.43. The number of sulfonamides is 1. The molecule has 0 aromatic heterocycles. The highest BCUT2D eigenvalue weighted by Crippen LogP contribution is 2.33. The van der Waals surface area contributed by atoms with E-state index in [0.29, 0.717) is 0 Å². The van der Waals surface area contributed by atoms with Crippen LogP contribution in [0.1, 0.15) is 49.4 Å². The Bertz CT molecular complexity index is 926. The SMILES string of the molecule is COc1cc(C)c([C@H](C)NS(=O)(=O)c2cc(F)ccc2OC)cc1C(C)C. The number of aryl methyl sites for hydroxylation is 1. The van der Waals surface area contributed by atoms with Crippen molar-refractivity contribution in [3.63, 3.8) is 0 Å². The van der Waals surface area contributed by atoms with E-state index >= 15 is 0 Å². The van der Waals surface area contributed by atoms with E-state index in [-0.39, 0.29) is 16.6 Å². The van der Waals surface area contributed by atoms with Gasteiger partial charge in [-0.15, -0.1) is 0 Å². The van der Waals surface area contributed by atoms with Crippen molar-refractivity contribution in [2.75, 3.05) is 14.2 Å². The van der Waals surface area contributed by atoms with Gasteiger partial charge in [0.25, 0.3) is 0 Å². The molecule has 0 radical (unpaired) electrons. The van der Waals surface area contributed by atoms with E-state index in [2.05, 4.69) is 4.72 Å². The molecule has 148 valence electrons. The van der Waals surface area contributed by atoms with Crippen molar-refractivity contribution in [1.29, 1.82) is 0 Å². The Labute approximate surface area is 160 Å². The number of rotatable bonds is 7. The van der Waals surface area contributed by atoms with E-state index in [1.165, 1.54) is 13.2 Å². The van der Waals surface area contributed by atoms with Crippen molar-refractivity contribution in [3.05, 3.63) is 52.8 Å². The lowest BCUT2D eigenvalue weighted by Crippen LogP contribution is -2.28. The molecule has 2 rings (SSSR count). The maximum atomic E-state index is 13.6. The quantitative estimate of drug-likeness (QED) is 0.759.